The Bertz CT molecular complexity index is 413. The molecule has 7 heteroatoms. The van der Waals surface area contributed by atoms with Crippen molar-refractivity contribution in [2.24, 2.45) is 5.73 Å². The summed E-state index contributed by atoms with van der Waals surface area (Å²) < 4.78 is 0. The van der Waals surface area contributed by atoms with Gasteiger partial charge in [0.25, 0.3) is 5.69 Å². The Morgan fingerprint density at radius 3 is 2.65 bits per heavy atom. The highest BCUT2D eigenvalue weighted by Gasteiger charge is 2.24. The second kappa shape index (κ2) is 6.64. The van der Waals surface area contributed by atoms with Crippen molar-refractivity contribution in [3.8, 4) is 5.75 Å². The lowest BCUT2D eigenvalue weighted by Gasteiger charge is -2.13. The number of nitrogens with two attached hydrogens (primary N) is 1. The average Bonchev–Trinajstić information content (AvgIpc) is 2.21. The zero-order valence-corrected chi connectivity index (χ0v) is 10.8. The number of aromatic hydroxyl groups is 1. The van der Waals surface area contributed by atoms with E-state index in [4.69, 9.17) is 17.3 Å². The van der Waals surface area contributed by atoms with Gasteiger partial charge in [-0.15, -0.1) is 12.4 Å². The van der Waals surface area contributed by atoms with Crippen LogP contribution in [0, 0.1) is 10.1 Å². The molecule has 3 N–H and O–H groups in total. The largest absolute Gasteiger partial charge is 0.506 e. The smallest absolute Gasteiger partial charge is 0.277 e. The van der Waals surface area contributed by atoms with Crippen LogP contribution in [0.1, 0.15) is 31.4 Å². The molecule has 0 spiro atoms. The average molecular weight is 281 g/mol. The summed E-state index contributed by atoms with van der Waals surface area (Å²) in [4.78, 5) is 10.2. The number of nitro benzene ring substituents is 1. The third-order valence-electron chi connectivity index (χ3n) is 2.31. The lowest BCUT2D eigenvalue weighted by molar-refractivity contribution is -0.385. The Hall–Kier alpha value is -1.04. The fourth-order valence-corrected chi connectivity index (χ4v) is 1.72. The maximum atomic E-state index is 10.8. The molecule has 0 saturated carbocycles. The van der Waals surface area contributed by atoms with Crippen LogP contribution in [0.3, 0.4) is 0 Å². The van der Waals surface area contributed by atoms with Gasteiger partial charge in [-0.2, -0.15) is 0 Å². The quantitative estimate of drug-likeness (QED) is 0.655. The standard InChI is InChI=1S/C10H13ClN2O3.ClH/c1-2-3-7(12)9-8(13(15)16)5-4-6(11)10(9)14;/h4-5,7,14H,2-3,12H2,1H3;1H/t7-;/m0./s1. The summed E-state index contributed by atoms with van der Waals surface area (Å²) in [5.41, 5.74) is 5.71. The van der Waals surface area contributed by atoms with Crippen LogP contribution in [-0.4, -0.2) is 10.0 Å². The molecular formula is C10H14Cl2N2O3. The van der Waals surface area contributed by atoms with Gasteiger partial charge in [0.1, 0.15) is 5.75 Å². The SMILES string of the molecule is CCC[C@H](N)c1c([N+](=O)[O-])ccc(Cl)c1O.Cl. The number of halogens is 2. The number of rotatable bonds is 4. The second-order valence-corrected chi connectivity index (χ2v) is 3.89. The molecule has 1 aromatic carbocycles. The zero-order chi connectivity index (χ0) is 12.3. The molecule has 0 aromatic heterocycles. The highest BCUT2D eigenvalue weighted by Crippen LogP contribution is 2.38. The third-order valence-corrected chi connectivity index (χ3v) is 2.62. The number of nitro groups is 1. The summed E-state index contributed by atoms with van der Waals surface area (Å²) in [5, 5.41) is 20.6. The molecule has 0 aliphatic rings. The van der Waals surface area contributed by atoms with Crippen LogP contribution in [0.4, 0.5) is 5.69 Å². The Morgan fingerprint density at radius 1 is 1.59 bits per heavy atom. The summed E-state index contributed by atoms with van der Waals surface area (Å²) >= 11 is 5.71. The minimum absolute atomic E-state index is 0. The van der Waals surface area contributed by atoms with E-state index in [1.165, 1.54) is 12.1 Å². The lowest BCUT2D eigenvalue weighted by Crippen LogP contribution is -2.12. The first-order valence-corrected chi connectivity index (χ1v) is 5.28. The van der Waals surface area contributed by atoms with Crippen LogP contribution in [0.15, 0.2) is 12.1 Å². The van der Waals surface area contributed by atoms with Gasteiger partial charge in [0.05, 0.1) is 15.5 Å². The summed E-state index contributed by atoms with van der Waals surface area (Å²) in [6.07, 6.45) is 1.32. The summed E-state index contributed by atoms with van der Waals surface area (Å²) in [6, 6.07) is 1.97. The molecule has 1 rings (SSSR count). The topological polar surface area (TPSA) is 89.4 Å². The van der Waals surface area contributed by atoms with Crippen molar-refractivity contribution in [1.82, 2.24) is 0 Å². The first kappa shape index (κ1) is 16.0. The molecule has 5 nitrogen and oxygen atoms in total. The number of hydrogen-bond donors (Lipinski definition) is 2. The van der Waals surface area contributed by atoms with Crippen LogP contribution < -0.4 is 5.73 Å². The molecule has 1 aromatic rings. The number of hydrogen-bond acceptors (Lipinski definition) is 4. The summed E-state index contributed by atoms with van der Waals surface area (Å²) in [5.74, 6) is -0.295. The number of benzene rings is 1. The molecule has 1 atom stereocenters. The maximum Gasteiger partial charge on any atom is 0.277 e. The summed E-state index contributed by atoms with van der Waals surface area (Å²) in [6.45, 7) is 1.91. The maximum absolute atomic E-state index is 10.8. The monoisotopic (exact) mass is 280 g/mol. The lowest BCUT2D eigenvalue weighted by atomic mass is 10.0. The van der Waals surface area contributed by atoms with E-state index in [0.717, 1.165) is 6.42 Å². The van der Waals surface area contributed by atoms with E-state index in [9.17, 15) is 15.2 Å². The van der Waals surface area contributed by atoms with Crippen molar-refractivity contribution < 1.29 is 10.0 Å². The van der Waals surface area contributed by atoms with Gasteiger partial charge in [0.15, 0.2) is 0 Å². The van der Waals surface area contributed by atoms with E-state index in [2.05, 4.69) is 0 Å². The summed E-state index contributed by atoms with van der Waals surface area (Å²) in [7, 11) is 0. The van der Waals surface area contributed by atoms with Gasteiger partial charge in [0.2, 0.25) is 0 Å². The van der Waals surface area contributed by atoms with Gasteiger partial charge in [-0.05, 0) is 12.5 Å². The molecule has 0 fully saturated rings. The minimum Gasteiger partial charge on any atom is -0.506 e. The molecule has 0 amide bonds. The predicted molar refractivity (Wildman–Crippen MR) is 68.9 cm³/mol. The van der Waals surface area contributed by atoms with E-state index in [1.807, 2.05) is 6.92 Å². The highest BCUT2D eigenvalue weighted by atomic mass is 35.5. The normalized spacial score (nSPS) is 11.7. The zero-order valence-electron chi connectivity index (χ0n) is 9.22. The Balaban J connectivity index is 0.00000256. The van der Waals surface area contributed by atoms with Gasteiger partial charge in [-0.1, -0.05) is 24.9 Å². The number of phenolic OH excluding ortho intramolecular Hbond substituents is 1. The van der Waals surface area contributed by atoms with Gasteiger partial charge < -0.3 is 10.8 Å². The fraction of sp³-hybridized carbons (Fsp3) is 0.400. The van der Waals surface area contributed by atoms with Crippen molar-refractivity contribution in [1.29, 1.82) is 0 Å². The van der Waals surface area contributed by atoms with Gasteiger partial charge in [-0.3, -0.25) is 10.1 Å². The van der Waals surface area contributed by atoms with Gasteiger partial charge in [-0.25, -0.2) is 0 Å². The molecule has 0 aliphatic heterocycles. The van der Waals surface area contributed by atoms with Crippen molar-refractivity contribution in [3.05, 3.63) is 32.8 Å². The van der Waals surface area contributed by atoms with E-state index < -0.39 is 11.0 Å². The molecule has 0 unspecified atom stereocenters. The minimum atomic E-state index is -0.580. The van der Waals surface area contributed by atoms with E-state index in [0.29, 0.717) is 6.42 Å². The van der Waals surface area contributed by atoms with Crippen LogP contribution in [-0.2, 0) is 0 Å². The van der Waals surface area contributed by atoms with Crippen molar-refractivity contribution >= 4 is 29.7 Å². The first-order valence-electron chi connectivity index (χ1n) is 4.90. The van der Waals surface area contributed by atoms with E-state index in [1.54, 1.807) is 0 Å². The van der Waals surface area contributed by atoms with E-state index in [-0.39, 0.29) is 34.4 Å². The number of nitrogens with zero attached hydrogens (tertiary/aromatic N) is 1. The van der Waals surface area contributed by atoms with E-state index >= 15 is 0 Å². The van der Waals surface area contributed by atoms with Crippen molar-refractivity contribution in [2.45, 2.75) is 25.8 Å². The Labute approximate surface area is 110 Å². The molecule has 0 saturated heterocycles. The Kier molecular flexibility index (Phi) is 6.23. The number of phenols is 1. The van der Waals surface area contributed by atoms with Crippen molar-refractivity contribution in [3.63, 3.8) is 0 Å². The highest BCUT2D eigenvalue weighted by molar-refractivity contribution is 6.32. The molecule has 0 radical (unpaired) electrons. The van der Waals surface area contributed by atoms with Crippen LogP contribution in [0.5, 0.6) is 5.75 Å². The third kappa shape index (κ3) is 3.46. The molecule has 96 valence electrons. The predicted octanol–water partition coefficient (Wildman–Crippen LogP) is 3.18. The molecule has 0 aliphatic carbocycles. The van der Waals surface area contributed by atoms with Crippen molar-refractivity contribution in [2.75, 3.05) is 0 Å². The van der Waals surface area contributed by atoms with Gasteiger partial charge >= 0.3 is 0 Å². The van der Waals surface area contributed by atoms with Crippen LogP contribution in [0.25, 0.3) is 0 Å². The van der Waals surface area contributed by atoms with Crippen LogP contribution >= 0.6 is 24.0 Å². The fourth-order valence-electron chi connectivity index (χ4n) is 1.55. The molecule has 0 heterocycles. The molecular weight excluding hydrogens is 267 g/mol. The van der Waals surface area contributed by atoms with Crippen LogP contribution in [0.2, 0.25) is 5.02 Å². The first-order chi connectivity index (χ1) is 7.49. The molecule has 17 heavy (non-hydrogen) atoms. The second-order valence-electron chi connectivity index (χ2n) is 3.48. The Morgan fingerprint density at radius 2 is 2.18 bits per heavy atom. The van der Waals surface area contributed by atoms with Gasteiger partial charge in [0, 0.05) is 12.1 Å². The molecule has 0 bridgehead atoms.